The summed E-state index contributed by atoms with van der Waals surface area (Å²) < 4.78 is 6.38. The van der Waals surface area contributed by atoms with E-state index in [0.717, 1.165) is 0 Å². The lowest BCUT2D eigenvalue weighted by molar-refractivity contribution is -0.132. The van der Waals surface area contributed by atoms with Crippen molar-refractivity contribution in [3.8, 4) is 12.1 Å². The minimum atomic E-state index is -0.876. The van der Waals surface area contributed by atoms with Crippen LogP contribution in [0.4, 0.5) is 5.69 Å². The molecule has 3 fully saturated rings. The number of carbonyl (C=O) groups excluding carboxylic acids is 2. The lowest BCUT2D eigenvalue weighted by Gasteiger charge is -2.31. The van der Waals surface area contributed by atoms with Gasteiger partial charge in [0, 0.05) is 30.2 Å². The minimum absolute atomic E-state index is 0.140. The Hall–Kier alpha value is -3.26. The van der Waals surface area contributed by atoms with E-state index in [1.54, 1.807) is 24.3 Å². The first kappa shape index (κ1) is 19.7. The Morgan fingerprint density at radius 3 is 2.26 bits per heavy atom. The summed E-state index contributed by atoms with van der Waals surface area (Å²) in [7, 11) is 0. The van der Waals surface area contributed by atoms with Crippen LogP contribution in [0.3, 0.4) is 0 Å². The van der Waals surface area contributed by atoms with Gasteiger partial charge in [-0.05, 0) is 31.4 Å². The summed E-state index contributed by atoms with van der Waals surface area (Å²) in [5.74, 6) is -1.98. The molecule has 3 aliphatic heterocycles. The molecule has 0 spiro atoms. The average molecular weight is 415 g/mol. The van der Waals surface area contributed by atoms with Gasteiger partial charge in [-0.15, -0.1) is 0 Å². The molecule has 2 aromatic rings. The number of nitrogens with zero attached hydrogens (tertiary/aromatic N) is 3. The number of fused-ring (bicyclic) bond motifs is 6. The van der Waals surface area contributed by atoms with Crippen molar-refractivity contribution in [3.63, 3.8) is 0 Å². The molecule has 3 aliphatic rings. The average Bonchev–Trinajstić information content (AvgIpc) is 3.38. The normalized spacial score (nSPS) is 31.1. The number of hydrogen-bond acceptors (Lipinski definition) is 6. The predicted molar refractivity (Wildman–Crippen MR) is 110 cm³/mol. The monoisotopic (exact) mass is 415 g/mol. The quantitative estimate of drug-likeness (QED) is 0.751. The van der Waals surface area contributed by atoms with Crippen molar-refractivity contribution in [2.24, 2.45) is 11.8 Å². The first-order chi connectivity index (χ1) is 15.0. The van der Waals surface area contributed by atoms with Crippen molar-refractivity contribution in [2.45, 2.75) is 43.3 Å². The number of aliphatic hydroxyl groups is 1. The number of aliphatic hydroxyl groups excluding tert-OH is 1. The Labute approximate surface area is 179 Å². The smallest absolute Gasteiger partial charge is 0.240 e. The number of carbonyl (C=O) groups is 2. The highest BCUT2D eigenvalue weighted by atomic mass is 16.5. The molecule has 0 aliphatic carbocycles. The van der Waals surface area contributed by atoms with Crippen molar-refractivity contribution < 1.29 is 19.4 Å². The van der Waals surface area contributed by atoms with Gasteiger partial charge >= 0.3 is 0 Å². The second-order valence-electron chi connectivity index (χ2n) is 8.62. The number of rotatable bonds is 5. The predicted octanol–water partition coefficient (Wildman–Crippen LogP) is 2.80. The molecule has 4 atom stereocenters. The van der Waals surface area contributed by atoms with Gasteiger partial charge in [0.05, 0.1) is 46.4 Å². The molecule has 31 heavy (non-hydrogen) atoms. The first-order valence-electron chi connectivity index (χ1n) is 10.5. The number of hydrogen-bond donors (Lipinski definition) is 1. The first-order valence-corrected chi connectivity index (χ1v) is 10.5. The number of anilines is 1. The van der Waals surface area contributed by atoms with Crippen LogP contribution >= 0.6 is 0 Å². The van der Waals surface area contributed by atoms with Gasteiger partial charge in [0.2, 0.25) is 11.8 Å². The third kappa shape index (κ3) is 2.51. The van der Waals surface area contributed by atoms with Crippen LogP contribution in [0, 0.1) is 34.5 Å². The van der Waals surface area contributed by atoms with E-state index in [4.69, 9.17) is 10.00 Å². The molecule has 1 N–H and O–H groups in total. The summed E-state index contributed by atoms with van der Waals surface area (Å²) in [4.78, 5) is 28.7. The van der Waals surface area contributed by atoms with Crippen LogP contribution in [0.25, 0.3) is 10.8 Å². The molecule has 3 saturated heterocycles. The molecule has 1 unspecified atom stereocenters. The Bertz CT molecular complexity index is 1200. The second kappa shape index (κ2) is 6.88. The SMILES string of the molecule is N#CCC[C@@]12CC[C@](CCO)(O1)C1C(=O)N(c3ccc(C#N)c4ccccc34)C(=O)[C@H]12. The van der Waals surface area contributed by atoms with Crippen LogP contribution in [0.2, 0.25) is 0 Å². The van der Waals surface area contributed by atoms with Gasteiger partial charge in [-0.25, -0.2) is 4.90 Å². The summed E-state index contributed by atoms with van der Waals surface area (Å²) in [5, 5.41) is 29.6. The largest absolute Gasteiger partial charge is 0.396 e. The van der Waals surface area contributed by atoms with Crippen LogP contribution in [-0.2, 0) is 14.3 Å². The standard InChI is InChI=1S/C24H21N3O4/c25-12-3-8-23-9-10-24(31-23,11-13-28)20-19(23)21(29)27(22(20)30)18-7-6-15(14-26)16-4-1-2-5-17(16)18/h1-2,4-7,19-20,28H,3,8-11,13H2/t19-,20?,23-,24+/m0/s1. The maximum absolute atomic E-state index is 13.7. The number of ether oxygens (including phenoxy) is 1. The van der Waals surface area contributed by atoms with Crippen molar-refractivity contribution in [3.05, 3.63) is 42.0 Å². The van der Waals surface area contributed by atoms with Gasteiger partial charge in [-0.2, -0.15) is 10.5 Å². The zero-order chi connectivity index (χ0) is 21.8. The van der Waals surface area contributed by atoms with Crippen molar-refractivity contribution in [1.29, 1.82) is 10.5 Å². The zero-order valence-electron chi connectivity index (χ0n) is 16.9. The lowest BCUT2D eigenvalue weighted by atomic mass is 9.65. The van der Waals surface area contributed by atoms with E-state index < -0.39 is 23.0 Å². The van der Waals surface area contributed by atoms with Crippen LogP contribution in [0.1, 0.15) is 37.7 Å². The molecule has 5 rings (SSSR count). The lowest BCUT2D eigenvalue weighted by Crippen LogP contribution is -2.43. The van der Waals surface area contributed by atoms with Crippen molar-refractivity contribution in [1.82, 2.24) is 0 Å². The maximum atomic E-state index is 13.7. The fraction of sp³-hybridized carbons (Fsp3) is 0.417. The highest BCUT2D eigenvalue weighted by Gasteiger charge is 2.74. The van der Waals surface area contributed by atoms with Gasteiger partial charge in [0.25, 0.3) is 0 Å². The highest BCUT2D eigenvalue weighted by molar-refractivity contribution is 6.26. The highest BCUT2D eigenvalue weighted by Crippen LogP contribution is 2.64. The van der Waals surface area contributed by atoms with Crippen LogP contribution in [0.15, 0.2) is 36.4 Å². The molecule has 3 heterocycles. The Kier molecular flexibility index (Phi) is 4.37. The minimum Gasteiger partial charge on any atom is -0.396 e. The van der Waals surface area contributed by atoms with Gasteiger partial charge < -0.3 is 9.84 Å². The van der Waals surface area contributed by atoms with E-state index in [1.807, 2.05) is 12.1 Å². The molecule has 0 saturated carbocycles. The molecule has 2 amide bonds. The van der Waals surface area contributed by atoms with E-state index in [0.29, 0.717) is 41.3 Å². The van der Waals surface area contributed by atoms with Gasteiger partial charge in [-0.1, -0.05) is 24.3 Å². The molecule has 7 nitrogen and oxygen atoms in total. The molecule has 2 aromatic carbocycles. The van der Waals surface area contributed by atoms with Gasteiger partial charge in [0.15, 0.2) is 0 Å². The number of nitriles is 2. The third-order valence-electron chi connectivity index (χ3n) is 7.28. The summed E-state index contributed by atoms with van der Waals surface area (Å²) in [6.07, 6.45) is 2.08. The zero-order valence-corrected chi connectivity index (χ0v) is 16.9. The summed E-state index contributed by atoms with van der Waals surface area (Å²) in [6.45, 7) is -0.140. The Morgan fingerprint density at radius 1 is 1.00 bits per heavy atom. The van der Waals surface area contributed by atoms with Crippen LogP contribution in [0.5, 0.6) is 0 Å². The molecular weight excluding hydrogens is 394 g/mol. The van der Waals surface area contributed by atoms with E-state index in [1.165, 1.54) is 4.90 Å². The van der Waals surface area contributed by atoms with Gasteiger partial charge in [0.1, 0.15) is 0 Å². The van der Waals surface area contributed by atoms with E-state index in [9.17, 15) is 20.0 Å². The van der Waals surface area contributed by atoms with Crippen molar-refractivity contribution in [2.75, 3.05) is 11.5 Å². The van der Waals surface area contributed by atoms with Crippen LogP contribution < -0.4 is 4.90 Å². The van der Waals surface area contributed by atoms with E-state index in [2.05, 4.69) is 12.1 Å². The van der Waals surface area contributed by atoms with E-state index in [-0.39, 0.29) is 31.3 Å². The number of imide groups is 1. The Morgan fingerprint density at radius 2 is 1.65 bits per heavy atom. The summed E-state index contributed by atoms with van der Waals surface area (Å²) >= 11 is 0. The molecule has 156 valence electrons. The van der Waals surface area contributed by atoms with Gasteiger partial charge in [-0.3, -0.25) is 9.59 Å². The van der Waals surface area contributed by atoms with Crippen molar-refractivity contribution >= 4 is 28.3 Å². The van der Waals surface area contributed by atoms with E-state index >= 15 is 0 Å². The Balaban J connectivity index is 1.65. The third-order valence-corrected chi connectivity index (χ3v) is 7.28. The summed E-state index contributed by atoms with van der Waals surface area (Å²) in [6, 6.07) is 14.8. The molecule has 7 heteroatoms. The molecule has 2 bridgehead atoms. The fourth-order valence-electron chi connectivity index (χ4n) is 6.03. The second-order valence-corrected chi connectivity index (χ2v) is 8.62. The molecular formula is C24H21N3O4. The number of amides is 2. The fourth-order valence-corrected chi connectivity index (χ4v) is 6.03. The summed E-state index contributed by atoms with van der Waals surface area (Å²) in [5.41, 5.74) is -0.782. The number of benzene rings is 2. The van der Waals surface area contributed by atoms with Crippen LogP contribution in [-0.4, -0.2) is 34.7 Å². The molecule has 0 aromatic heterocycles. The maximum Gasteiger partial charge on any atom is 0.240 e. The topological polar surface area (TPSA) is 114 Å². The molecule has 0 radical (unpaired) electrons.